The largest absolute Gasteiger partial charge is 0.333 e. The highest BCUT2D eigenvalue weighted by Gasteiger charge is 2.16. The van der Waals surface area contributed by atoms with Gasteiger partial charge in [-0.15, -0.1) is 0 Å². The number of hydrogen-bond donors (Lipinski definition) is 3. The molecule has 9 heteroatoms. The lowest BCUT2D eigenvalue weighted by Gasteiger charge is -2.20. The summed E-state index contributed by atoms with van der Waals surface area (Å²) in [6.45, 7) is 5.79. The van der Waals surface area contributed by atoms with Gasteiger partial charge in [0.2, 0.25) is 11.8 Å². The second kappa shape index (κ2) is 9.75. The third kappa shape index (κ3) is 8.51. The standard InChI is InChI=1S/C17H24Cl2N4O3/c1-17(2,3)22-16(26)21-13(24)8-9-23(4)10-14(25)20-15-11(18)6-5-7-12(15)19/h5-7H,8-10H2,1-4H3,(H,20,25)(H2,21,22,24,26). The van der Waals surface area contributed by atoms with Crippen molar-refractivity contribution < 1.29 is 14.4 Å². The highest BCUT2D eigenvalue weighted by molar-refractivity contribution is 6.39. The van der Waals surface area contributed by atoms with Gasteiger partial charge in [0, 0.05) is 18.5 Å². The average molecular weight is 403 g/mol. The number of nitrogens with one attached hydrogen (secondary N) is 3. The molecule has 0 fully saturated rings. The maximum absolute atomic E-state index is 12.1. The zero-order valence-electron chi connectivity index (χ0n) is 15.3. The summed E-state index contributed by atoms with van der Waals surface area (Å²) in [7, 11) is 1.69. The summed E-state index contributed by atoms with van der Waals surface area (Å²) in [5, 5.41) is 8.22. The number of imide groups is 1. The number of carbonyl (C=O) groups excluding carboxylic acids is 3. The molecule has 1 aromatic rings. The molecule has 0 radical (unpaired) electrons. The third-order valence-corrected chi connectivity index (χ3v) is 3.73. The van der Waals surface area contributed by atoms with Crippen LogP contribution in [0.1, 0.15) is 27.2 Å². The van der Waals surface area contributed by atoms with Gasteiger partial charge in [0.25, 0.3) is 0 Å². The second-order valence-electron chi connectivity index (χ2n) is 6.88. The summed E-state index contributed by atoms with van der Waals surface area (Å²) in [6, 6.07) is 4.39. The molecule has 0 aliphatic carbocycles. The molecule has 4 amide bonds. The predicted octanol–water partition coefficient (Wildman–Crippen LogP) is 2.88. The van der Waals surface area contributed by atoms with Gasteiger partial charge in [0.05, 0.1) is 22.3 Å². The Morgan fingerprint density at radius 3 is 2.19 bits per heavy atom. The van der Waals surface area contributed by atoms with E-state index in [2.05, 4.69) is 16.0 Å². The number of likely N-dealkylation sites (N-methyl/N-ethyl adjacent to an activating group) is 1. The van der Waals surface area contributed by atoms with Crippen molar-refractivity contribution in [2.45, 2.75) is 32.7 Å². The number of anilines is 1. The van der Waals surface area contributed by atoms with E-state index < -0.39 is 17.5 Å². The first-order chi connectivity index (χ1) is 12.0. The molecule has 0 bridgehead atoms. The summed E-state index contributed by atoms with van der Waals surface area (Å²) < 4.78 is 0. The van der Waals surface area contributed by atoms with E-state index in [4.69, 9.17) is 23.2 Å². The molecular formula is C17H24Cl2N4O3. The number of halogens is 2. The predicted molar refractivity (Wildman–Crippen MR) is 104 cm³/mol. The summed E-state index contributed by atoms with van der Waals surface area (Å²) >= 11 is 12.0. The van der Waals surface area contributed by atoms with E-state index in [9.17, 15) is 14.4 Å². The van der Waals surface area contributed by atoms with Gasteiger partial charge in [0.1, 0.15) is 0 Å². The maximum Gasteiger partial charge on any atom is 0.321 e. The van der Waals surface area contributed by atoms with Gasteiger partial charge in [-0.2, -0.15) is 0 Å². The number of rotatable bonds is 6. The van der Waals surface area contributed by atoms with Crippen LogP contribution < -0.4 is 16.0 Å². The Labute approximate surface area is 163 Å². The molecule has 26 heavy (non-hydrogen) atoms. The molecule has 0 aliphatic rings. The quantitative estimate of drug-likeness (QED) is 0.681. The fourth-order valence-corrected chi connectivity index (χ4v) is 2.47. The van der Waals surface area contributed by atoms with Crippen molar-refractivity contribution in [1.82, 2.24) is 15.5 Å². The fourth-order valence-electron chi connectivity index (χ4n) is 1.97. The van der Waals surface area contributed by atoms with Crippen LogP contribution in [-0.4, -0.2) is 48.4 Å². The number of para-hydroxylation sites is 1. The van der Waals surface area contributed by atoms with E-state index in [1.807, 2.05) is 20.8 Å². The molecule has 0 aromatic heterocycles. The molecular weight excluding hydrogens is 379 g/mol. The van der Waals surface area contributed by atoms with E-state index in [0.29, 0.717) is 22.3 Å². The van der Waals surface area contributed by atoms with E-state index >= 15 is 0 Å². The van der Waals surface area contributed by atoms with Crippen LogP contribution in [0.15, 0.2) is 18.2 Å². The summed E-state index contributed by atoms with van der Waals surface area (Å²) in [5.74, 6) is -0.735. The van der Waals surface area contributed by atoms with Crippen molar-refractivity contribution in [3.63, 3.8) is 0 Å². The summed E-state index contributed by atoms with van der Waals surface area (Å²) in [4.78, 5) is 37.1. The Hall–Kier alpha value is -1.83. The Morgan fingerprint density at radius 2 is 1.65 bits per heavy atom. The maximum atomic E-state index is 12.1. The first-order valence-electron chi connectivity index (χ1n) is 8.02. The monoisotopic (exact) mass is 402 g/mol. The van der Waals surface area contributed by atoms with Crippen LogP contribution in [0.25, 0.3) is 0 Å². The number of carbonyl (C=O) groups is 3. The average Bonchev–Trinajstić information content (AvgIpc) is 2.47. The van der Waals surface area contributed by atoms with Crippen molar-refractivity contribution in [3.05, 3.63) is 28.2 Å². The Kier molecular flexibility index (Phi) is 8.33. The van der Waals surface area contributed by atoms with Gasteiger partial charge in [0.15, 0.2) is 0 Å². The van der Waals surface area contributed by atoms with Crippen LogP contribution in [0.4, 0.5) is 10.5 Å². The minimum atomic E-state index is -0.545. The van der Waals surface area contributed by atoms with E-state index in [0.717, 1.165) is 0 Å². The van der Waals surface area contributed by atoms with E-state index in [-0.39, 0.29) is 18.9 Å². The van der Waals surface area contributed by atoms with Crippen LogP contribution in [0.5, 0.6) is 0 Å². The Morgan fingerprint density at radius 1 is 1.08 bits per heavy atom. The Bertz CT molecular complexity index is 654. The van der Waals surface area contributed by atoms with Gasteiger partial charge in [-0.3, -0.25) is 19.8 Å². The van der Waals surface area contributed by atoms with E-state index in [1.54, 1.807) is 30.1 Å². The SMILES string of the molecule is CN(CCC(=O)NC(=O)NC(C)(C)C)CC(=O)Nc1c(Cl)cccc1Cl. The molecule has 0 heterocycles. The Balaban J connectivity index is 2.39. The third-order valence-electron chi connectivity index (χ3n) is 3.10. The van der Waals surface area contributed by atoms with Crippen LogP contribution in [-0.2, 0) is 9.59 Å². The number of urea groups is 1. The van der Waals surface area contributed by atoms with Crippen molar-refractivity contribution in [2.75, 3.05) is 25.5 Å². The van der Waals surface area contributed by atoms with Crippen LogP contribution >= 0.6 is 23.2 Å². The number of amides is 4. The molecule has 0 unspecified atom stereocenters. The minimum absolute atomic E-state index is 0.0447. The van der Waals surface area contributed by atoms with Gasteiger partial charge >= 0.3 is 6.03 Å². The van der Waals surface area contributed by atoms with Crippen molar-refractivity contribution in [2.24, 2.45) is 0 Å². The lowest BCUT2D eigenvalue weighted by molar-refractivity contribution is -0.121. The van der Waals surface area contributed by atoms with Crippen molar-refractivity contribution in [3.8, 4) is 0 Å². The minimum Gasteiger partial charge on any atom is -0.333 e. The van der Waals surface area contributed by atoms with Crippen LogP contribution in [0.2, 0.25) is 10.0 Å². The molecule has 1 aromatic carbocycles. The molecule has 1 rings (SSSR count). The molecule has 0 spiro atoms. The fraction of sp³-hybridized carbons (Fsp3) is 0.471. The smallest absolute Gasteiger partial charge is 0.321 e. The molecule has 0 atom stereocenters. The first-order valence-corrected chi connectivity index (χ1v) is 8.78. The normalized spacial score (nSPS) is 11.2. The zero-order valence-corrected chi connectivity index (χ0v) is 16.8. The number of hydrogen-bond acceptors (Lipinski definition) is 4. The van der Waals surface area contributed by atoms with Crippen molar-refractivity contribution >= 4 is 46.7 Å². The molecule has 7 nitrogen and oxygen atoms in total. The van der Waals surface area contributed by atoms with Gasteiger partial charge in [-0.05, 0) is 40.0 Å². The summed E-state index contributed by atoms with van der Waals surface area (Å²) in [6.07, 6.45) is 0.0776. The summed E-state index contributed by atoms with van der Waals surface area (Å²) in [5.41, 5.74) is -0.0787. The lowest BCUT2D eigenvalue weighted by Crippen LogP contribution is -2.48. The molecule has 0 saturated carbocycles. The lowest BCUT2D eigenvalue weighted by atomic mass is 10.1. The highest BCUT2D eigenvalue weighted by Crippen LogP contribution is 2.29. The second-order valence-corrected chi connectivity index (χ2v) is 7.70. The van der Waals surface area contributed by atoms with Crippen LogP contribution in [0, 0.1) is 0 Å². The zero-order chi connectivity index (χ0) is 19.9. The van der Waals surface area contributed by atoms with Gasteiger partial charge in [-0.25, -0.2) is 4.79 Å². The van der Waals surface area contributed by atoms with Crippen LogP contribution in [0.3, 0.4) is 0 Å². The number of benzene rings is 1. The first kappa shape index (κ1) is 22.2. The highest BCUT2D eigenvalue weighted by atomic mass is 35.5. The van der Waals surface area contributed by atoms with Gasteiger partial charge < -0.3 is 10.6 Å². The molecule has 3 N–H and O–H groups in total. The number of nitrogens with zero attached hydrogens (tertiary/aromatic N) is 1. The molecule has 0 aliphatic heterocycles. The molecule has 0 saturated heterocycles. The van der Waals surface area contributed by atoms with E-state index in [1.165, 1.54) is 0 Å². The molecule has 144 valence electrons. The van der Waals surface area contributed by atoms with Crippen molar-refractivity contribution in [1.29, 1.82) is 0 Å². The van der Waals surface area contributed by atoms with Gasteiger partial charge in [-0.1, -0.05) is 29.3 Å². The topological polar surface area (TPSA) is 90.5 Å².